The summed E-state index contributed by atoms with van der Waals surface area (Å²) in [5.41, 5.74) is 1.40. The molecule has 44 heavy (non-hydrogen) atoms. The number of carboxylic acids is 1. The molecule has 3 N–H and O–H groups in total. The molecular formula is C31H28N4O9. The van der Waals surface area contributed by atoms with Crippen molar-refractivity contribution in [1.82, 2.24) is 10.6 Å². The number of hydrogen-bond acceptors (Lipinski definition) is 9. The lowest BCUT2D eigenvalue weighted by Crippen LogP contribution is -2.52. The van der Waals surface area contributed by atoms with Gasteiger partial charge in [-0.3, -0.25) is 28.9 Å². The van der Waals surface area contributed by atoms with Gasteiger partial charge >= 0.3 is 5.97 Å². The van der Waals surface area contributed by atoms with Gasteiger partial charge in [0.25, 0.3) is 17.6 Å². The van der Waals surface area contributed by atoms with E-state index in [1.807, 2.05) is 0 Å². The van der Waals surface area contributed by atoms with E-state index in [0.29, 0.717) is 16.8 Å². The number of benzene rings is 3. The number of Topliss-reactive ketones (excluding diaryl/α,β-unsaturated/α-hetero) is 1. The van der Waals surface area contributed by atoms with Crippen molar-refractivity contribution in [2.75, 3.05) is 25.7 Å². The molecule has 1 heterocycles. The van der Waals surface area contributed by atoms with E-state index in [1.165, 1.54) is 26.4 Å². The van der Waals surface area contributed by atoms with Gasteiger partial charge in [-0.25, -0.2) is 4.99 Å². The molecule has 0 aromatic heterocycles. The Kier molecular flexibility index (Phi) is 9.81. The molecule has 2 unspecified atom stereocenters. The van der Waals surface area contributed by atoms with E-state index in [-0.39, 0.29) is 29.0 Å². The number of carboxylic acid groups (broad SMARTS) is 1. The normalized spacial score (nSPS) is 14.7. The number of ether oxygens (including phenoxy) is 2. The van der Waals surface area contributed by atoms with Crippen molar-refractivity contribution >= 4 is 47.2 Å². The van der Waals surface area contributed by atoms with Crippen LogP contribution < -0.4 is 25.0 Å². The maximum absolute atomic E-state index is 14.0. The van der Waals surface area contributed by atoms with Crippen LogP contribution in [0.25, 0.3) is 0 Å². The first-order valence-corrected chi connectivity index (χ1v) is 13.2. The average Bonchev–Trinajstić information content (AvgIpc) is 3.14. The van der Waals surface area contributed by atoms with Crippen LogP contribution in [-0.4, -0.2) is 79.6 Å². The first-order valence-electron chi connectivity index (χ1n) is 13.2. The minimum absolute atomic E-state index is 0.0713. The van der Waals surface area contributed by atoms with E-state index in [4.69, 9.17) is 14.6 Å². The zero-order valence-electron chi connectivity index (χ0n) is 23.7. The molecule has 0 saturated heterocycles. The van der Waals surface area contributed by atoms with Gasteiger partial charge in [0.2, 0.25) is 12.1 Å². The van der Waals surface area contributed by atoms with E-state index in [2.05, 4.69) is 15.6 Å². The highest BCUT2D eigenvalue weighted by Crippen LogP contribution is 2.30. The number of anilines is 1. The fourth-order valence-electron chi connectivity index (χ4n) is 4.61. The lowest BCUT2D eigenvalue weighted by molar-refractivity contribution is -0.138. The highest BCUT2D eigenvalue weighted by Gasteiger charge is 2.36. The second-order valence-electron chi connectivity index (χ2n) is 9.44. The van der Waals surface area contributed by atoms with Crippen molar-refractivity contribution in [3.63, 3.8) is 0 Å². The monoisotopic (exact) mass is 600 g/mol. The van der Waals surface area contributed by atoms with Crippen LogP contribution in [0.15, 0.2) is 77.8 Å². The Labute approximate surface area is 251 Å². The third-order valence-corrected chi connectivity index (χ3v) is 6.59. The van der Waals surface area contributed by atoms with E-state index in [0.717, 1.165) is 4.90 Å². The van der Waals surface area contributed by atoms with E-state index in [9.17, 15) is 28.8 Å². The minimum atomic E-state index is -1.68. The van der Waals surface area contributed by atoms with Crippen LogP contribution in [0.2, 0.25) is 0 Å². The molecule has 1 aliphatic rings. The topological polar surface area (TPSA) is 181 Å². The van der Waals surface area contributed by atoms with Crippen LogP contribution in [0.5, 0.6) is 11.5 Å². The molecule has 3 aromatic rings. The third-order valence-electron chi connectivity index (χ3n) is 6.59. The fraction of sp³-hybridized carbons (Fsp3) is 0.194. The molecule has 0 spiro atoms. The van der Waals surface area contributed by atoms with Crippen molar-refractivity contribution in [1.29, 1.82) is 0 Å². The summed E-state index contributed by atoms with van der Waals surface area (Å²) >= 11 is 0. The van der Waals surface area contributed by atoms with Crippen LogP contribution in [0.1, 0.15) is 27.9 Å². The number of fused-ring (bicyclic) bond motifs is 1. The average molecular weight is 601 g/mol. The molecule has 4 rings (SSSR count). The third kappa shape index (κ3) is 6.78. The molecule has 13 heteroatoms. The highest BCUT2D eigenvalue weighted by atomic mass is 16.5. The van der Waals surface area contributed by atoms with E-state index < -0.39 is 54.6 Å². The summed E-state index contributed by atoms with van der Waals surface area (Å²) < 4.78 is 10.5. The van der Waals surface area contributed by atoms with Crippen LogP contribution in [-0.2, 0) is 24.0 Å². The van der Waals surface area contributed by atoms with Crippen LogP contribution >= 0.6 is 0 Å². The maximum atomic E-state index is 14.0. The number of aldehydes is 1. The number of methoxy groups -OCH3 is 2. The lowest BCUT2D eigenvalue weighted by Gasteiger charge is -2.25. The van der Waals surface area contributed by atoms with Gasteiger partial charge in [-0.05, 0) is 18.2 Å². The Balaban J connectivity index is 1.75. The molecule has 0 radical (unpaired) electrons. The predicted molar refractivity (Wildman–Crippen MR) is 157 cm³/mol. The number of rotatable bonds is 12. The highest BCUT2D eigenvalue weighted by molar-refractivity contribution is 6.44. The first-order chi connectivity index (χ1) is 21.2. The van der Waals surface area contributed by atoms with E-state index in [1.54, 1.807) is 60.7 Å². The van der Waals surface area contributed by atoms with Gasteiger partial charge in [0.1, 0.15) is 29.9 Å². The van der Waals surface area contributed by atoms with Crippen molar-refractivity contribution in [3.05, 3.63) is 89.5 Å². The molecule has 2 atom stereocenters. The Morgan fingerprint density at radius 1 is 0.955 bits per heavy atom. The van der Waals surface area contributed by atoms with Crippen molar-refractivity contribution in [3.8, 4) is 11.5 Å². The number of carbonyl (C=O) groups is 6. The van der Waals surface area contributed by atoms with Gasteiger partial charge in [-0.15, -0.1) is 0 Å². The van der Waals surface area contributed by atoms with Gasteiger partial charge in [0.15, 0.2) is 0 Å². The number of aliphatic imine (C=N–C) groups is 1. The quantitative estimate of drug-likeness (QED) is 0.157. The molecule has 1 aliphatic heterocycles. The van der Waals surface area contributed by atoms with Crippen LogP contribution in [0.4, 0.5) is 5.69 Å². The standard InChI is InChI=1S/C31H28N4O9/c1-43-22-13-8-14-23(44-2)26(22)28(40)30(41)34-29-31(42)35(16-24(37)32-19(17-36)15-25(38)39)21-12-7-6-11-20(21)27(33-29)18-9-4-3-5-10-18/h3-14,17,19,29H,15-16H2,1-2H3,(H,32,37)(H,34,41)(H,38,39). The summed E-state index contributed by atoms with van der Waals surface area (Å²) in [6, 6.07) is 18.5. The number of nitrogens with one attached hydrogen (secondary N) is 2. The second-order valence-corrected chi connectivity index (χ2v) is 9.44. The Hall–Kier alpha value is -5.85. The maximum Gasteiger partial charge on any atom is 0.305 e. The Morgan fingerprint density at radius 3 is 2.20 bits per heavy atom. The number of hydrogen-bond donors (Lipinski definition) is 3. The SMILES string of the molecule is COc1cccc(OC)c1C(=O)C(=O)NC1N=C(c2ccccc2)c2ccccc2N(CC(=O)NC(C=O)CC(=O)O)C1=O. The summed E-state index contributed by atoms with van der Waals surface area (Å²) in [7, 11) is 2.64. The molecule has 3 aromatic carbocycles. The number of para-hydroxylation sites is 1. The molecule has 0 saturated carbocycles. The number of ketones is 1. The van der Waals surface area contributed by atoms with Gasteiger partial charge in [-0.1, -0.05) is 54.6 Å². The number of benzodiazepines with no additional fused rings is 1. The molecule has 226 valence electrons. The number of amides is 3. The van der Waals surface area contributed by atoms with Gasteiger partial charge in [-0.2, -0.15) is 0 Å². The number of aliphatic carboxylic acids is 1. The van der Waals surface area contributed by atoms with Gasteiger partial charge in [0, 0.05) is 11.1 Å². The molecular weight excluding hydrogens is 572 g/mol. The van der Waals surface area contributed by atoms with Crippen molar-refractivity contribution in [2.24, 2.45) is 4.99 Å². The predicted octanol–water partition coefficient (Wildman–Crippen LogP) is 1.37. The Bertz CT molecular complexity index is 1620. The first kappa shape index (κ1) is 31.1. The van der Waals surface area contributed by atoms with E-state index >= 15 is 0 Å². The van der Waals surface area contributed by atoms with Crippen molar-refractivity contribution in [2.45, 2.75) is 18.6 Å². The summed E-state index contributed by atoms with van der Waals surface area (Å²) in [5.74, 6) is -5.12. The molecule has 0 aliphatic carbocycles. The summed E-state index contributed by atoms with van der Waals surface area (Å²) in [4.78, 5) is 81.7. The second kappa shape index (κ2) is 13.9. The summed E-state index contributed by atoms with van der Waals surface area (Å²) in [6.45, 7) is -0.655. The van der Waals surface area contributed by atoms with Crippen molar-refractivity contribution < 1.29 is 43.3 Å². The Morgan fingerprint density at radius 2 is 1.59 bits per heavy atom. The van der Waals surface area contributed by atoms with Gasteiger partial charge in [0.05, 0.1) is 38.1 Å². The largest absolute Gasteiger partial charge is 0.496 e. The minimum Gasteiger partial charge on any atom is -0.496 e. The fourth-order valence-corrected chi connectivity index (χ4v) is 4.61. The van der Waals surface area contributed by atoms with Crippen LogP contribution in [0, 0.1) is 0 Å². The van der Waals surface area contributed by atoms with Gasteiger partial charge < -0.3 is 30.0 Å². The zero-order chi connectivity index (χ0) is 31.8. The molecule has 0 fully saturated rings. The summed E-state index contributed by atoms with van der Waals surface area (Å²) in [6.07, 6.45) is -2.06. The molecule has 3 amide bonds. The summed E-state index contributed by atoms with van der Waals surface area (Å²) in [5, 5.41) is 13.7. The molecule has 13 nitrogen and oxygen atoms in total. The number of carbonyl (C=O) groups excluding carboxylic acids is 5. The lowest BCUT2D eigenvalue weighted by atomic mass is 10.0. The number of nitrogens with zero attached hydrogens (tertiary/aromatic N) is 2. The molecule has 0 bridgehead atoms. The zero-order valence-corrected chi connectivity index (χ0v) is 23.7. The smallest absolute Gasteiger partial charge is 0.305 e. The van der Waals surface area contributed by atoms with Crippen LogP contribution in [0.3, 0.4) is 0 Å².